The van der Waals surface area contributed by atoms with Crippen LogP contribution in [-0.2, 0) is 21.0 Å². The molecule has 0 amide bonds. The number of nitrogens with zero attached hydrogens (tertiary/aromatic N) is 1. The molecule has 8 nitrogen and oxygen atoms in total. The molecule has 208 valence electrons. The third kappa shape index (κ3) is 11.3. The van der Waals surface area contributed by atoms with Gasteiger partial charge in [-0.05, 0) is 63.9 Å². The van der Waals surface area contributed by atoms with E-state index >= 15 is 0 Å². The summed E-state index contributed by atoms with van der Waals surface area (Å²) in [7, 11) is 0. The lowest BCUT2D eigenvalue weighted by Gasteiger charge is -2.32. The molecular formula is C30H41NO7. The van der Waals surface area contributed by atoms with E-state index in [1.54, 1.807) is 0 Å². The fourth-order valence-corrected chi connectivity index (χ4v) is 4.01. The topological polar surface area (TPSA) is 124 Å². The fourth-order valence-electron chi connectivity index (χ4n) is 4.01. The monoisotopic (exact) mass is 527 g/mol. The lowest BCUT2D eigenvalue weighted by molar-refractivity contribution is -0.138. The van der Waals surface area contributed by atoms with Gasteiger partial charge in [-0.1, -0.05) is 50.2 Å². The molecule has 0 bridgehead atoms. The van der Waals surface area contributed by atoms with E-state index in [0.29, 0.717) is 30.0 Å². The number of ether oxygens (including phenoxy) is 1. The van der Waals surface area contributed by atoms with E-state index in [1.807, 2.05) is 50.2 Å². The summed E-state index contributed by atoms with van der Waals surface area (Å²) in [6.07, 6.45) is 2.01. The number of aliphatic hydroxyl groups is 1. The molecule has 1 atom stereocenters. The van der Waals surface area contributed by atoms with Crippen LogP contribution in [0.1, 0.15) is 70.6 Å². The number of carbonyl (C=O) groups excluding carboxylic acids is 1. The van der Waals surface area contributed by atoms with Crippen molar-refractivity contribution >= 4 is 17.9 Å². The molecule has 0 aliphatic rings. The Morgan fingerprint density at radius 1 is 0.868 bits per heavy atom. The largest absolute Gasteiger partial charge is 0.478 e. The van der Waals surface area contributed by atoms with Crippen molar-refractivity contribution in [2.45, 2.75) is 72.6 Å². The van der Waals surface area contributed by atoms with Gasteiger partial charge < -0.3 is 20.1 Å². The van der Waals surface area contributed by atoms with Crippen LogP contribution in [-0.4, -0.2) is 56.8 Å². The maximum atomic E-state index is 12.3. The third-order valence-electron chi connectivity index (χ3n) is 5.89. The molecule has 0 saturated heterocycles. The number of hydrogen-bond donors (Lipinski definition) is 3. The van der Waals surface area contributed by atoms with Crippen molar-refractivity contribution in [3.05, 3.63) is 77.4 Å². The Morgan fingerprint density at radius 2 is 1.42 bits per heavy atom. The maximum Gasteiger partial charge on any atom is 0.328 e. The van der Waals surface area contributed by atoms with E-state index < -0.39 is 11.9 Å². The van der Waals surface area contributed by atoms with Gasteiger partial charge >= 0.3 is 17.9 Å². The summed E-state index contributed by atoms with van der Waals surface area (Å²) in [5.41, 5.74) is 2.95. The summed E-state index contributed by atoms with van der Waals surface area (Å²) in [4.78, 5) is 33.9. The van der Waals surface area contributed by atoms with E-state index in [1.165, 1.54) is 5.56 Å². The highest BCUT2D eigenvalue weighted by atomic mass is 16.5. The van der Waals surface area contributed by atoms with Gasteiger partial charge in [-0.2, -0.15) is 0 Å². The molecule has 0 fully saturated rings. The van der Waals surface area contributed by atoms with Crippen LogP contribution >= 0.6 is 0 Å². The van der Waals surface area contributed by atoms with Gasteiger partial charge in [-0.25, -0.2) is 9.59 Å². The number of carbonyl (C=O) groups is 3. The number of rotatable bonds is 12. The van der Waals surface area contributed by atoms with Crippen LogP contribution in [0.15, 0.2) is 60.7 Å². The molecule has 0 saturated carbocycles. The highest BCUT2D eigenvalue weighted by molar-refractivity contribution is 5.89. The normalized spacial score (nSPS) is 12.1. The molecule has 2 aromatic rings. The molecule has 2 rings (SSSR count). The van der Waals surface area contributed by atoms with Gasteiger partial charge in [0.2, 0.25) is 0 Å². The molecule has 3 N–H and O–H groups in total. The maximum absolute atomic E-state index is 12.3. The van der Waals surface area contributed by atoms with E-state index in [0.717, 1.165) is 24.1 Å². The number of aliphatic carboxylic acids is 2. The second kappa shape index (κ2) is 16.4. The molecule has 0 heterocycles. The number of carboxylic acid groups (broad SMARTS) is 2. The van der Waals surface area contributed by atoms with Crippen molar-refractivity contribution in [1.29, 1.82) is 0 Å². The molecular weight excluding hydrogens is 486 g/mol. The van der Waals surface area contributed by atoms with E-state index in [4.69, 9.17) is 14.9 Å². The van der Waals surface area contributed by atoms with Crippen LogP contribution < -0.4 is 4.74 Å². The highest BCUT2D eigenvalue weighted by Gasteiger charge is 2.23. The Balaban J connectivity index is 0.000000781. The zero-order chi connectivity index (χ0) is 28.8. The Kier molecular flexibility index (Phi) is 14.0. The van der Waals surface area contributed by atoms with E-state index in [2.05, 4.69) is 44.7 Å². The van der Waals surface area contributed by atoms with Gasteiger partial charge in [0.1, 0.15) is 5.75 Å². The first-order chi connectivity index (χ1) is 17.9. The number of carboxylic acids is 2. The van der Waals surface area contributed by atoms with Crippen molar-refractivity contribution in [3.63, 3.8) is 0 Å². The Labute approximate surface area is 225 Å². The summed E-state index contributed by atoms with van der Waals surface area (Å²) in [6, 6.07) is 16.9. The average molecular weight is 528 g/mol. The first-order valence-electron chi connectivity index (χ1n) is 12.8. The zero-order valence-electron chi connectivity index (χ0n) is 23.1. The second-order valence-electron chi connectivity index (χ2n) is 9.79. The van der Waals surface area contributed by atoms with E-state index in [-0.39, 0.29) is 24.4 Å². The minimum absolute atomic E-state index is 0.0446. The van der Waals surface area contributed by atoms with Gasteiger partial charge in [0.05, 0.1) is 12.5 Å². The van der Waals surface area contributed by atoms with Crippen LogP contribution in [0.3, 0.4) is 0 Å². The summed E-state index contributed by atoms with van der Waals surface area (Å²) < 4.78 is 5.78. The summed E-state index contributed by atoms with van der Waals surface area (Å²) in [6.45, 7) is 13.4. The first kappa shape index (κ1) is 32.5. The predicted octanol–water partition coefficient (Wildman–Crippen LogP) is 5.09. The molecule has 0 radical (unpaired) electrons. The number of hydrogen-bond acceptors (Lipinski definition) is 6. The van der Waals surface area contributed by atoms with Crippen molar-refractivity contribution in [2.75, 3.05) is 6.54 Å². The molecule has 0 unspecified atom stereocenters. The van der Waals surface area contributed by atoms with Gasteiger partial charge in [0, 0.05) is 35.7 Å². The van der Waals surface area contributed by atoms with Gasteiger partial charge in [0.25, 0.3) is 0 Å². The van der Waals surface area contributed by atoms with Crippen molar-refractivity contribution in [1.82, 2.24) is 4.90 Å². The van der Waals surface area contributed by atoms with Crippen LogP contribution in [0.2, 0.25) is 0 Å². The molecule has 38 heavy (non-hydrogen) atoms. The van der Waals surface area contributed by atoms with Gasteiger partial charge in [-0.3, -0.25) is 9.69 Å². The second-order valence-corrected chi connectivity index (χ2v) is 9.79. The third-order valence-corrected chi connectivity index (χ3v) is 5.89. The first-order valence-corrected chi connectivity index (χ1v) is 12.8. The molecule has 0 aliphatic heterocycles. The summed E-state index contributed by atoms with van der Waals surface area (Å²) in [5, 5.41) is 25.3. The average Bonchev–Trinajstić information content (AvgIpc) is 2.86. The smallest absolute Gasteiger partial charge is 0.328 e. The van der Waals surface area contributed by atoms with Crippen LogP contribution in [0, 0.1) is 5.92 Å². The molecule has 0 aliphatic carbocycles. The minimum atomic E-state index is -1.26. The Morgan fingerprint density at radius 3 is 1.87 bits per heavy atom. The summed E-state index contributed by atoms with van der Waals surface area (Å²) >= 11 is 0. The number of benzene rings is 2. The quantitative estimate of drug-likeness (QED) is 0.198. The van der Waals surface area contributed by atoms with Gasteiger partial charge in [0.15, 0.2) is 0 Å². The SMILES string of the molecule is CC(C)C(=O)Oc1ccc(CO)cc1[C@H](CCN(C(C)C)C(C)C)c1ccccc1.O=C(O)C=CC(=O)O. The molecule has 8 heteroatoms. The molecule has 0 spiro atoms. The number of esters is 1. The Bertz CT molecular complexity index is 1040. The van der Waals surface area contributed by atoms with Crippen molar-refractivity contribution in [2.24, 2.45) is 5.92 Å². The molecule has 0 aromatic heterocycles. The van der Waals surface area contributed by atoms with Crippen molar-refractivity contribution in [3.8, 4) is 5.75 Å². The zero-order valence-corrected chi connectivity index (χ0v) is 23.1. The van der Waals surface area contributed by atoms with Crippen LogP contribution in [0.4, 0.5) is 0 Å². The molecule has 2 aromatic carbocycles. The van der Waals surface area contributed by atoms with E-state index in [9.17, 15) is 19.5 Å². The lowest BCUT2D eigenvalue weighted by atomic mass is 9.86. The highest BCUT2D eigenvalue weighted by Crippen LogP contribution is 2.36. The standard InChI is InChI=1S/C26H37NO3.C4H4O4/c1-18(2)26(29)30-25-13-12-21(17-28)16-24(25)23(22-10-8-7-9-11-22)14-15-27(19(3)4)20(5)6;5-3(6)1-2-4(7)8/h7-13,16,18-20,23,28H,14-15,17H2,1-6H3;1-2H,(H,5,6)(H,7,8)/t23-;/m1./s1. The van der Waals surface area contributed by atoms with Gasteiger partial charge in [-0.15, -0.1) is 0 Å². The Hall–Kier alpha value is -3.49. The minimum Gasteiger partial charge on any atom is -0.478 e. The lowest BCUT2D eigenvalue weighted by Crippen LogP contribution is -2.38. The number of aliphatic hydroxyl groups excluding tert-OH is 1. The predicted molar refractivity (Wildman–Crippen MR) is 147 cm³/mol. The van der Waals surface area contributed by atoms with Crippen LogP contribution in [0.5, 0.6) is 5.75 Å². The van der Waals surface area contributed by atoms with Crippen molar-refractivity contribution < 1.29 is 34.4 Å². The summed E-state index contributed by atoms with van der Waals surface area (Å²) in [5.74, 6) is -2.32. The fraction of sp³-hybridized carbons (Fsp3) is 0.433. The van der Waals surface area contributed by atoms with Crippen LogP contribution in [0.25, 0.3) is 0 Å².